The van der Waals surface area contributed by atoms with Crippen LogP contribution in [0.5, 0.6) is 0 Å². The van der Waals surface area contributed by atoms with E-state index in [4.69, 9.17) is 11.6 Å². The average molecular weight is 411 g/mol. The predicted molar refractivity (Wildman–Crippen MR) is 115 cm³/mol. The zero-order valence-electron chi connectivity index (χ0n) is 16.5. The van der Waals surface area contributed by atoms with Gasteiger partial charge in [-0.1, -0.05) is 54.8 Å². The van der Waals surface area contributed by atoms with Gasteiger partial charge in [0.2, 0.25) is 5.91 Å². The minimum atomic E-state index is -0.374. The Kier molecular flexibility index (Phi) is 6.19. The van der Waals surface area contributed by atoms with E-state index in [0.29, 0.717) is 23.0 Å². The van der Waals surface area contributed by atoms with Crippen LogP contribution in [0.2, 0.25) is 5.02 Å². The van der Waals surface area contributed by atoms with Gasteiger partial charge in [-0.3, -0.25) is 9.59 Å². The summed E-state index contributed by atoms with van der Waals surface area (Å²) >= 11 is 5.93. The molecule has 4 nitrogen and oxygen atoms in total. The highest BCUT2D eigenvalue weighted by molar-refractivity contribution is 6.30. The van der Waals surface area contributed by atoms with Gasteiger partial charge >= 0.3 is 0 Å². The lowest BCUT2D eigenvalue weighted by Crippen LogP contribution is -2.49. The van der Waals surface area contributed by atoms with Gasteiger partial charge in [0, 0.05) is 23.2 Å². The molecule has 3 atom stereocenters. The first-order valence-corrected chi connectivity index (χ1v) is 10.9. The molecule has 1 saturated carbocycles. The molecule has 2 aromatic rings. The number of carbonyl (C=O) groups is 2. The largest absolute Gasteiger partial charge is 0.354 e. The summed E-state index contributed by atoms with van der Waals surface area (Å²) < 4.78 is 0. The topological polar surface area (TPSA) is 49.4 Å². The molecule has 4 rings (SSSR count). The number of fused-ring (bicyclic) bond motifs is 1. The van der Waals surface area contributed by atoms with E-state index in [2.05, 4.69) is 5.32 Å². The molecule has 2 aromatic carbocycles. The van der Waals surface area contributed by atoms with Crippen LogP contribution in [0.25, 0.3) is 0 Å². The lowest BCUT2D eigenvalue weighted by molar-refractivity contribution is -0.125. The average Bonchev–Trinajstić information content (AvgIpc) is 3.15. The Morgan fingerprint density at radius 1 is 1.00 bits per heavy atom. The summed E-state index contributed by atoms with van der Waals surface area (Å²) in [5.41, 5.74) is 1.80. The van der Waals surface area contributed by atoms with Gasteiger partial charge in [0.05, 0.1) is 0 Å². The molecule has 3 unspecified atom stereocenters. The van der Waals surface area contributed by atoms with Crippen molar-refractivity contribution in [2.45, 2.75) is 50.6 Å². The van der Waals surface area contributed by atoms with Gasteiger partial charge in [0.25, 0.3) is 5.91 Å². The highest BCUT2D eigenvalue weighted by Gasteiger charge is 2.47. The monoisotopic (exact) mass is 410 g/mol. The third-order valence-electron chi connectivity index (χ3n) is 6.27. The maximum atomic E-state index is 13.3. The predicted octanol–water partition coefficient (Wildman–Crippen LogP) is 4.47. The summed E-state index contributed by atoms with van der Waals surface area (Å²) in [7, 11) is 0. The van der Waals surface area contributed by atoms with Crippen molar-refractivity contribution in [2.24, 2.45) is 5.92 Å². The van der Waals surface area contributed by atoms with Crippen molar-refractivity contribution in [1.82, 2.24) is 10.2 Å². The van der Waals surface area contributed by atoms with E-state index in [1.54, 1.807) is 0 Å². The molecule has 29 heavy (non-hydrogen) atoms. The van der Waals surface area contributed by atoms with Crippen LogP contribution in [0.4, 0.5) is 0 Å². The Bertz CT molecular complexity index is 853. The van der Waals surface area contributed by atoms with Crippen LogP contribution >= 0.6 is 11.6 Å². The summed E-state index contributed by atoms with van der Waals surface area (Å²) in [5, 5.41) is 3.78. The number of hydrogen-bond acceptors (Lipinski definition) is 2. The molecule has 5 heteroatoms. The van der Waals surface area contributed by atoms with Crippen LogP contribution in [-0.2, 0) is 11.2 Å². The highest BCUT2D eigenvalue weighted by Crippen LogP contribution is 2.40. The molecule has 1 N–H and O–H groups in total. The molecule has 1 heterocycles. The van der Waals surface area contributed by atoms with Crippen LogP contribution in [0.3, 0.4) is 0 Å². The van der Waals surface area contributed by atoms with Gasteiger partial charge in [-0.05, 0) is 61.4 Å². The second kappa shape index (κ2) is 9.00. The number of likely N-dealkylation sites (tertiary alicyclic amines) is 1. The van der Waals surface area contributed by atoms with E-state index < -0.39 is 0 Å². The summed E-state index contributed by atoms with van der Waals surface area (Å²) in [6, 6.07) is 16.8. The number of halogens is 1. The SMILES string of the molecule is O=C(NCCc1ccc(Cl)cc1)C1CC2CCCCC2N1C(=O)c1ccccc1. The molecular weight excluding hydrogens is 384 g/mol. The number of benzene rings is 2. The molecule has 0 bridgehead atoms. The molecule has 0 spiro atoms. The first-order chi connectivity index (χ1) is 14.1. The standard InChI is InChI=1S/C24H27ClN2O2/c25-20-12-10-17(11-13-20)14-15-26-23(28)22-16-19-8-4-5-9-21(19)27(22)24(29)18-6-2-1-3-7-18/h1-3,6-7,10-13,19,21-22H,4-5,8-9,14-16H2,(H,26,28). The maximum Gasteiger partial charge on any atom is 0.254 e. The molecule has 152 valence electrons. The van der Waals surface area contributed by atoms with E-state index >= 15 is 0 Å². The zero-order chi connectivity index (χ0) is 20.2. The number of nitrogens with zero attached hydrogens (tertiary/aromatic N) is 1. The highest BCUT2D eigenvalue weighted by atomic mass is 35.5. The second-order valence-electron chi connectivity index (χ2n) is 8.11. The Balaban J connectivity index is 1.45. The van der Waals surface area contributed by atoms with Crippen molar-refractivity contribution in [3.8, 4) is 0 Å². The van der Waals surface area contributed by atoms with Gasteiger partial charge in [0.15, 0.2) is 0 Å². The summed E-state index contributed by atoms with van der Waals surface area (Å²) in [6.07, 6.45) is 5.95. The smallest absolute Gasteiger partial charge is 0.254 e. The Hall–Kier alpha value is -2.33. The molecule has 2 fully saturated rings. The van der Waals surface area contributed by atoms with Gasteiger partial charge in [-0.15, -0.1) is 0 Å². The fourth-order valence-corrected chi connectivity index (χ4v) is 4.94. The van der Waals surface area contributed by atoms with Crippen LogP contribution in [0, 0.1) is 5.92 Å². The number of hydrogen-bond donors (Lipinski definition) is 1. The van der Waals surface area contributed by atoms with Crippen molar-refractivity contribution in [3.05, 3.63) is 70.7 Å². The quantitative estimate of drug-likeness (QED) is 0.790. The maximum absolute atomic E-state index is 13.3. The number of rotatable bonds is 5. The Morgan fingerprint density at radius 2 is 1.72 bits per heavy atom. The first-order valence-electron chi connectivity index (χ1n) is 10.5. The summed E-state index contributed by atoms with van der Waals surface area (Å²) in [4.78, 5) is 28.2. The minimum Gasteiger partial charge on any atom is -0.354 e. The molecule has 0 radical (unpaired) electrons. The molecular formula is C24H27ClN2O2. The lowest BCUT2D eigenvalue weighted by Gasteiger charge is -2.33. The van der Waals surface area contributed by atoms with Crippen molar-refractivity contribution in [1.29, 1.82) is 0 Å². The lowest BCUT2D eigenvalue weighted by atomic mass is 9.84. The molecule has 2 amide bonds. The van der Waals surface area contributed by atoms with Crippen molar-refractivity contribution in [2.75, 3.05) is 6.54 Å². The fraction of sp³-hybridized carbons (Fsp3) is 0.417. The van der Waals surface area contributed by atoms with Crippen molar-refractivity contribution >= 4 is 23.4 Å². The Labute approximate surface area is 177 Å². The van der Waals surface area contributed by atoms with E-state index in [-0.39, 0.29) is 23.9 Å². The van der Waals surface area contributed by atoms with Gasteiger partial charge in [0.1, 0.15) is 6.04 Å². The minimum absolute atomic E-state index is 0.0159. The van der Waals surface area contributed by atoms with Gasteiger partial charge < -0.3 is 10.2 Å². The van der Waals surface area contributed by atoms with Crippen LogP contribution in [0.1, 0.15) is 48.0 Å². The molecule has 0 aromatic heterocycles. The summed E-state index contributed by atoms with van der Waals surface area (Å²) in [6.45, 7) is 0.555. The fourth-order valence-electron chi connectivity index (χ4n) is 4.81. The molecule has 1 aliphatic carbocycles. The van der Waals surface area contributed by atoms with Crippen molar-refractivity contribution in [3.63, 3.8) is 0 Å². The molecule has 1 aliphatic heterocycles. The van der Waals surface area contributed by atoms with E-state index in [1.807, 2.05) is 59.5 Å². The van der Waals surface area contributed by atoms with E-state index in [9.17, 15) is 9.59 Å². The zero-order valence-corrected chi connectivity index (χ0v) is 17.3. The van der Waals surface area contributed by atoms with Crippen molar-refractivity contribution < 1.29 is 9.59 Å². The number of carbonyl (C=O) groups excluding carboxylic acids is 2. The molecule has 1 saturated heterocycles. The van der Waals surface area contributed by atoms with Gasteiger partial charge in [-0.2, -0.15) is 0 Å². The Morgan fingerprint density at radius 3 is 2.48 bits per heavy atom. The third-order valence-corrected chi connectivity index (χ3v) is 6.52. The third kappa shape index (κ3) is 4.48. The van der Waals surface area contributed by atoms with E-state index in [1.165, 1.54) is 6.42 Å². The number of nitrogens with one attached hydrogen (secondary N) is 1. The van der Waals surface area contributed by atoms with Crippen LogP contribution in [0.15, 0.2) is 54.6 Å². The van der Waals surface area contributed by atoms with E-state index in [0.717, 1.165) is 37.7 Å². The molecule has 2 aliphatic rings. The van der Waals surface area contributed by atoms with Crippen LogP contribution in [-0.4, -0.2) is 35.3 Å². The van der Waals surface area contributed by atoms with Gasteiger partial charge in [-0.25, -0.2) is 0 Å². The summed E-state index contributed by atoms with van der Waals surface area (Å²) in [5.74, 6) is 0.388. The number of amides is 2. The second-order valence-corrected chi connectivity index (χ2v) is 8.55. The first kappa shape index (κ1) is 20.0. The van der Waals surface area contributed by atoms with Crippen LogP contribution < -0.4 is 5.32 Å². The normalized spacial score (nSPS) is 23.5.